The van der Waals surface area contributed by atoms with Gasteiger partial charge in [0.15, 0.2) is 0 Å². The standard InChI is InChI=1S/C11H22N2O/c1-4-11(13,9-12)6-5-7-14-8-10(2)3/h10H,4-8,13H2,1-3H3. The molecular formula is C11H22N2O. The fraction of sp³-hybridized carbons (Fsp3) is 0.909. The first kappa shape index (κ1) is 13.4. The smallest absolute Gasteiger partial charge is 0.104 e. The molecule has 2 N–H and O–H groups in total. The van der Waals surface area contributed by atoms with Gasteiger partial charge in [0, 0.05) is 13.2 Å². The number of nitriles is 1. The minimum absolute atomic E-state index is 0.569. The first-order valence-electron chi connectivity index (χ1n) is 5.32. The van der Waals surface area contributed by atoms with Gasteiger partial charge < -0.3 is 10.5 Å². The van der Waals surface area contributed by atoms with Crippen molar-refractivity contribution in [2.75, 3.05) is 13.2 Å². The van der Waals surface area contributed by atoms with Gasteiger partial charge in [-0.25, -0.2) is 0 Å². The van der Waals surface area contributed by atoms with Crippen LogP contribution in [0.15, 0.2) is 0 Å². The lowest BCUT2D eigenvalue weighted by Crippen LogP contribution is -2.37. The molecule has 82 valence electrons. The van der Waals surface area contributed by atoms with Gasteiger partial charge in [0.2, 0.25) is 0 Å². The molecule has 0 radical (unpaired) electrons. The van der Waals surface area contributed by atoms with Crippen LogP contribution >= 0.6 is 0 Å². The Balaban J connectivity index is 3.49. The summed E-state index contributed by atoms with van der Waals surface area (Å²) in [6.07, 6.45) is 2.29. The maximum atomic E-state index is 8.81. The minimum atomic E-state index is -0.652. The van der Waals surface area contributed by atoms with Crippen LogP contribution in [-0.2, 0) is 4.74 Å². The summed E-state index contributed by atoms with van der Waals surface area (Å²) in [5.41, 5.74) is 5.17. The van der Waals surface area contributed by atoms with E-state index in [1.807, 2.05) is 6.92 Å². The topological polar surface area (TPSA) is 59.0 Å². The Kier molecular flexibility index (Phi) is 6.52. The lowest BCUT2D eigenvalue weighted by Gasteiger charge is -2.18. The van der Waals surface area contributed by atoms with E-state index in [9.17, 15) is 0 Å². The summed E-state index contributed by atoms with van der Waals surface area (Å²) in [7, 11) is 0. The van der Waals surface area contributed by atoms with Crippen molar-refractivity contribution in [3.63, 3.8) is 0 Å². The molecule has 0 heterocycles. The largest absolute Gasteiger partial charge is 0.381 e. The summed E-state index contributed by atoms with van der Waals surface area (Å²) in [4.78, 5) is 0. The van der Waals surface area contributed by atoms with Crippen LogP contribution in [0.3, 0.4) is 0 Å². The van der Waals surface area contributed by atoms with E-state index in [-0.39, 0.29) is 0 Å². The number of hydrogen-bond acceptors (Lipinski definition) is 3. The molecule has 1 unspecified atom stereocenters. The number of ether oxygens (including phenoxy) is 1. The molecule has 14 heavy (non-hydrogen) atoms. The summed E-state index contributed by atoms with van der Waals surface area (Å²) < 4.78 is 5.41. The van der Waals surface area contributed by atoms with Gasteiger partial charge in [-0.05, 0) is 25.2 Å². The van der Waals surface area contributed by atoms with E-state index in [4.69, 9.17) is 15.7 Å². The van der Waals surface area contributed by atoms with Gasteiger partial charge in [0.25, 0.3) is 0 Å². The molecule has 0 aliphatic rings. The minimum Gasteiger partial charge on any atom is -0.381 e. The van der Waals surface area contributed by atoms with Crippen LogP contribution in [0.2, 0.25) is 0 Å². The molecule has 0 spiro atoms. The van der Waals surface area contributed by atoms with Crippen molar-refractivity contribution in [2.45, 2.75) is 45.6 Å². The second-order valence-electron chi connectivity index (χ2n) is 4.19. The zero-order chi connectivity index (χ0) is 11.0. The van der Waals surface area contributed by atoms with Gasteiger partial charge >= 0.3 is 0 Å². The quantitative estimate of drug-likeness (QED) is 0.637. The highest BCUT2D eigenvalue weighted by Crippen LogP contribution is 2.12. The van der Waals surface area contributed by atoms with E-state index in [1.165, 1.54) is 0 Å². The summed E-state index contributed by atoms with van der Waals surface area (Å²) in [5.74, 6) is 0.569. The van der Waals surface area contributed by atoms with E-state index in [1.54, 1.807) is 0 Å². The number of nitrogens with two attached hydrogens (primary N) is 1. The number of hydrogen-bond donors (Lipinski definition) is 1. The molecule has 1 atom stereocenters. The molecule has 0 rings (SSSR count). The van der Waals surface area contributed by atoms with Crippen molar-refractivity contribution < 1.29 is 4.74 Å². The summed E-state index contributed by atoms with van der Waals surface area (Å²) in [6, 6.07) is 2.15. The highest BCUT2D eigenvalue weighted by molar-refractivity contribution is 5.03. The Morgan fingerprint density at radius 3 is 2.57 bits per heavy atom. The molecule has 0 amide bonds. The Morgan fingerprint density at radius 1 is 1.50 bits per heavy atom. The molecule has 0 aromatic rings. The average molecular weight is 198 g/mol. The molecule has 0 saturated heterocycles. The maximum Gasteiger partial charge on any atom is 0.104 e. The summed E-state index contributed by atoms with van der Waals surface area (Å²) in [6.45, 7) is 7.68. The van der Waals surface area contributed by atoms with Gasteiger partial charge in [-0.15, -0.1) is 0 Å². The fourth-order valence-electron chi connectivity index (χ4n) is 1.12. The van der Waals surface area contributed by atoms with E-state index in [0.717, 1.165) is 19.4 Å². The third kappa shape index (κ3) is 5.95. The van der Waals surface area contributed by atoms with Crippen LogP contribution in [0.5, 0.6) is 0 Å². The Hall–Kier alpha value is -0.590. The monoisotopic (exact) mass is 198 g/mol. The predicted octanol–water partition coefficient (Wildman–Crippen LogP) is 2.07. The van der Waals surface area contributed by atoms with E-state index in [2.05, 4.69) is 19.9 Å². The molecule has 0 fully saturated rings. The highest BCUT2D eigenvalue weighted by atomic mass is 16.5. The molecule has 3 nitrogen and oxygen atoms in total. The third-order valence-corrected chi connectivity index (χ3v) is 2.22. The van der Waals surface area contributed by atoms with Gasteiger partial charge in [0.1, 0.15) is 5.54 Å². The van der Waals surface area contributed by atoms with Crippen molar-refractivity contribution in [3.8, 4) is 6.07 Å². The summed E-state index contributed by atoms with van der Waals surface area (Å²) >= 11 is 0. The van der Waals surface area contributed by atoms with Crippen LogP contribution in [0.1, 0.15) is 40.0 Å². The van der Waals surface area contributed by atoms with Crippen LogP contribution in [0.4, 0.5) is 0 Å². The van der Waals surface area contributed by atoms with Crippen molar-refractivity contribution in [1.82, 2.24) is 0 Å². The Bertz CT molecular complexity index is 186. The third-order valence-electron chi connectivity index (χ3n) is 2.22. The highest BCUT2D eigenvalue weighted by Gasteiger charge is 2.20. The van der Waals surface area contributed by atoms with Gasteiger partial charge in [0.05, 0.1) is 6.07 Å². The van der Waals surface area contributed by atoms with Crippen molar-refractivity contribution >= 4 is 0 Å². The second kappa shape index (κ2) is 6.80. The molecule has 3 heteroatoms. The lowest BCUT2D eigenvalue weighted by molar-refractivity contribution is 0.104. The molecule has 0 aromatic carbocycles. The molecular weight excluding hydrogens is 176 g/mol. The normalized spacial score (nSPS) is 15.1. The zero-order valence-corrected chi connectivity index (χ0v) is 9.55. The molecule has 0 aromatic heterocycles. The van der Waals surface area contributed by atoms with Crippen molar-refractivity contribution in [1.29, 1.82) is 5.26 Å². The molecule has 0 aliphatic heterocycles. The lowest BCUT2D eigenvalue weighted by atomic mass is 9.94. The Morgan fingerprint density at radius 2 is 2.14 bits per heavy atom. The zero-order valence-electron chi connectivity index (χ0n) is 9.55. The number of nitrogens with zero attached hydrogens (tertiary/aromatic N) is 1. The van der Waals surface area contributed by atoms with Gasteiger partial charge in [-0.1, -0.05) is 20.8 Å². The SMILES string of the molecule is CCC(N)(C#N)CCCOCC(C)C. The predicted molar refractivity (Wildman–Crippen MR) is 57.7 cm³/mol. The molecule has 0 bridgehead atoms. The second-order valence-corrected chi connectivity index (χ2v) is 4.19. The van der Waals surface area contributed by atoms with Crippen molar-refractivity contribution in [2.24, 2.45) is 11.7 Å². The first-order chi connectivity index (χ1) is 6.54. The van der Waals surface area contributed by atoms with Gasteiger partial charge in [-0.2, -0.15) is 5.26 Å². The maximum absolute atomic E-state index is 8.81. The first-order valence-corrected chi connectivity index (χ1v) is 5.32. The van der Waals surface area contributed by atoms with Crippen LogP contribution in [0, 0.1) is 17.2 Å². The van der Waals surface area contributed by atoms with Crippen LogP contribution in [0.25, 0.3) is 0 Å². The van der Waals surface area contributed by atoms with E-state index in [0.29, 0.717) is 18.9 Å². The van der Waals surface area contributed by atoms with Crippen LogP contribution in [-0.4, -0.2) is 18.8 Å². The number of rotatable bonds is 7. The van der Waals surface area contributed by atoms with Crippen molar-refractivity contribution in [3.05, 3.63) is 0 Å². The Labute approximate surface area is 87.2 Å². The van der Waals surface area contributed by atoms with Crippen LogP contribution < -0.4 is 5.73 Å². The molecule has 0 aliphatic carbocycles. The molecule has 0 saturated carbocycles. The fourth-order valence-corrected chi connectivity index (χ4v) is 1.12. The average Bonchev–Trinajstić information content (AvgIpc) is 2.16. The van der Waals surface area contributed by atoms with Gasteiger partial charge in [-0.3, -0.25) is 0 Å². The van der Waals surface area contributed by atoms with E-state index < -0.39 is 5.54 Å². The van der Waals surface area contributed by atoms with E-state index >= 15 is 0 Å². The summed E-state index contributed by atoms with van der Waals surface area (Å²) in [5, 5.41) is 8.81.